The van der Waals surface area contributed by atoms with Gasteiger partial charge in [0.2, 0.25) is 0 Å². The zero-order valence-electron chi connectivity index (χ0n) is 12.9. The third-order valence-corrected chi connectivity index (χ3v) is 4.73. The lowest BCUT2D eigenvalue weighted by molar-refractivity contribution is 0.405. The summed E-state index contributed by atoms with van der Waals surface area (Å²) in [4.78, 5) is 0. The Bertz CT molecular complexity index is 561. The van der Waals surface area contributed by atoms with Crippen molar-refractivity contribution in [3.63, 3.8) is 0 Å². The smallest absolute Gasteiger partial charge is 0.0374 e. The molecule has 1 fully saturated rings. The van der Waals surface area contributed by atoms with Gasteiger partial charge in [0.15, 0.2) is 0 Å². The van der Waals surface area contributed by atoms with Crippen molar-refractivity contribution >= 4 is 5.69 Å². The zero-order chi connectivity index (χ0) is 14.5. The van der Waals surface area contributed by atoms with E-state index in [0.717, 1.165) is 6.42 Å². The molecule has 2 aromatic carbocycles. The van der Waals surface area contributed by atoms with Crippen LogP contribution in [0, 0.1) is 0 Å². The number of benzene rings is 2. The molecule has 0 amide bonds. The third-order valence-electron chi connectivity index (χ3n) is 4.73. The molecule has 1 saturated carbocycles. The Balaban J connectivity index is 1.82. The van der Waals surface area contributed by atoms with E-state index in [1.165, 1.54) is 42.5 Å². The van der Waals surface area contributed by atoms with Crippen LogP contribution in [-0.2, 0) is 6.42 Å². The average Bonchev–Trinajstić information content (AvgIpc) is 2.57. The van der Waals surface area contributed by atoms with Crippen LogP contribution in [0.25, 0.3) is 0 Å². The highest BCUT2D eigenvalue weighted by molar-refractivity contribution is 5.52. The van der Waals surface area contributed by atoms with Gasteiger partial charge >= 0.3 is 0 Å². The highest BCUT2D eigenvalue weighted by Gasteiger charge is 2.26. The van der Waals surface area contributed by atoms with Gasteiger partial charge in [-0.25, -0.2) is 0 Å². The summed E-state index contributed by atoms with van der Waals surface area (Å²) in [7, 11) is 0. The van der Waals surface area contributed by atoms with Crippen LogP contribution < -0.4 is 5.32 Å². The molecule has 2 atom stereocenters. The predicted octanol–water partition coefficient (Wildman–Crippen LogP) is 5.39. The zero-order valence-corrected chi connectivity index (χ0v) is 12.9. The monoisotopic (exact) mass is 279 g/mol. The van der Waals surface area contributed by atoms with E-state index in [4.69, 9.17) is 0 Å². The maximum absolute atomic E-state index is 3.85. The molecule has 0 aliphatic heterocycles. The molecule has 3 rings (SSSR count). The molecule has 1 aliphatic carbocycles. The highest BCUT2D eigenvalue weighted by Crippen LogP contribution is 2.35. The number of hydrogen-bond acceptors (Lipinski definition) is 1. The number of hydrogen-bond donors (Lipinski definition) is 1. The van der Waals surface area contributed by atoms with Crippen molar-refractivity contribution in [3.8, 4) is 0 Å². The maximum atomic E-state index is 3.85. The number of aryl methyl sites for hydroxylation is 1. The first-order chi connectivity index (χ1) is 10.4. The molecule has 0 saturated heterocycles. The molecule has 0 bridgehead atoms. The molecule has 1 heteroatoms. The van der Waals surface area contributed by atoms with Gasteiger partial charge in [-0.3, -0.25) is 0 Å². The molecule has 1 N–H and O–H groups in total. The fraction of sp³-hybridized carbons (Fsp3) is 0.400. The van der Waals surface area contributed by atoms with Crippen LogP contribution in [-0.4, -0.2) is 6.04 Å². The third kappa shape index (κ3) is 3.29. The predicted molar refractivity (Wildman–Crippen MR) is 90.9 cm³/mol. The molecule has 1 nitrogen and oxygen atoms in total. The Hall–Kier alpha value is -1.76. The van der Waals surface area contributed by atoms with Gasteiger partial charge in [-0.2, -0.15) is 0 Å². The molecule has 110 valence electrons. The van der Waals surface area contributed by atoms with Gasteiger partial charge < -0.3 is 5.32 Å². The van der Waals surface area contributed by atoms with E-state index in [1.54, 1.807) is 0 Å². The molecular weight excluding hydrogens is 254 g/mol. The van der Waals surface area contributed by atoms with Crippen LogP contribution in [0.15, 0.2) is 54.6 Å². The second-order valence-corrected chi connectivity index (χ2v) is 6.06. The van der Waals surface area contributed by atoms with E-state index >= 15 is 0 Å². The summed E-state index contributed by atoms with van der Waals surface area (Å²) in [5.41, 5.74) is 4.24. The first-order valence-corrected chi connectivity index (χ1v) is 8.28. The Morgan fingerprint density at radius 2 is 1.62 bits per heavy atom. The first-order valence-electron chi connectivity index (χ1n) is 8.28. The van der Waals surface area contributed by atoms with Crippen molar-refractivity contribution < 1.29 is 0 Å². The molecule has 0 aromatic heterocycles. The summed E-state index contributed by atoms with van der Waals surface area (Å²) in [6.45, 7) is 2.23. The molecule has 0 heterocycles. The van der Waals surface area contributed by atoms with Crippen LogP contribution in [0.5, 0.6) is 0 Å². The van der Waals surface area contributed by atoms with Gasteiger partial charge in [0.1, 0.15) is 0 Å². The minimum Gasteiger partial charge on any atom is -0.381 e. The van der Waals surface area contributed by atoms with E-state index < -0.39 is 0 Å². The summed E-state index contributed by atoms with van der Waals surface area (Å²) in [6, 6.07) is 20.3. The number of anilines is 1. The maximum Gasteiger partial charge on any atom is 0.0374 e. The number of rotatable bonds is 4. The summed E-state index contributed by atoms with van der Waals surface area (Å²) in [5.74, 6) is 0.643. The van der Waals surface area contributed by atoms with E-state index in [2.05, 4.69) is 66.8 Å². The minimum atomic E-state index is 0.564. The highest BCUT2D eigenvalue weighted by atomic mass is 14.9. The SMILES string of the molecule is CCc1ccccc1NC1CCCCC1c1ccccc1. The quantitative estimate of drug-likeness (QED) is 0.791. The van der Waals surface area contributed by atoms with Gasteiger partial charge in [0.25, 0.3) is 0 Å². The van der Waals surface area contributed by atoms with Gasteiger partial charge in [-0.1, -0.05) is 68.3 Å². The lowest BCUT2D eigenvalue weighted by Crippen LogP contribution is -2.31. The van der Waals surface area contributed by atoms with Gasteiger partial charge in [-0.15, -0.1) is 0 Å². The fourth-order valence-electron chi connectivity index (χ4n) is 3.57. The molecule has 2 aromatic rings. The van der Waals surface area contributed by atoms with Crippen molar-refractivity contribution in [1.29, 1.82) is 0 Å². The summed E-state index contributed by atoms with van der Waals surface area (Å²) in [6.07, 6.45) is 6.36. The molecule has 1 aliphatic rings. The van der Waals surface area contributed by atoms with Crippen molar-refractivity contribution in [2.24, 2.45) is 0 Å². The molecule has 2 unspecified atom stereocenters. The standard InChI is InChI=1S/C20H25N/c1-2-16-10-6-8-14-19(16)21-20-15-9-7-13-18(20)17-11-4-3-5-12-17/h3-6,8,10-12,14,18,20-21H,2,7,9,13,15H2,1H3. The van der Waals surface area contributed by atoms with Crippen LogP contribution in [0.4, 0.5) is 5.69 Å². The second-order valence-electron chi connectivity index (χ2n) is 6.06. The fourth-order valence-corrected chi connectivity index (χ4v) is 3.57. The second kappa shape index (κ2) is 6.80. The Labute approximate surface area is 128 Å². The lowest BCUT2D eigenvalue weighted by Gasteiger charge is -2.34. The van der Waals surface area contributed by atoms with Crippen molar-refractivity contribution in [3.05, 3.63) is 65.7 Å². The topological polar surface area (TPSA) is 12.0 Å². The lowest BCUT2D eigenvalue weighted by atomic mass is 9.80. The van der Waals surface area contributed by atoms with E-state index in [9.17, 15) is 0 Å². The van der Waals surface area contributed by atoms with Crippen LogP contribution >= 0.6 is 0 Å². The summed E-state index contributed by atoms with van der Waals surface area (Å²) in [5, 5.41) is 3.85. The van der Waals surface area contributed by atoms with Crippen molar-refractivity contribution in [2.75, 3.05) is 5.32 Å². The molecule has 0 spiro atoms. The Morgan fingerprint density at radius 3 is 2.43 bits per heavy atom. The van der Waals surface area contributed by atoms with E-state index in [0.29, 0.717) is 12.0 Å². The van der Waals surface area contributed by atoms with E-state index in [-0.39, 0.29) is 0 Å². The Kier molecular flexibility index (Phi) is 4.59. The van der Waals surface area contributed by atoms with Gasteiger partial charge in [0.05, 0.1) is 0 Å². The van der Waals surface area contributed by atoms with Crippen molar-refractivity contribution in [2.45, 2.75) is 51.0 Å². The van der Waals surface area contributed by atoms with Crippen molar-refractivity contribution in [1.82, 2.24) is 0 Å². The Morgan fingerprint density at radius 1 is 0.905 bits per heavy atom. The minimum absolute atomic E-state index is 0.564. The van der Waals surface area contributed by atoms with Gasteiger partial charge in [0, 0.05) is 17.6 Å². The molecular formula is C20H25N. The normalized spacial score (nSPS) is 22.0. The van der Waals surface area contributed by atoms with Gasteiger partial charge in [-0.05, 0) is 36.5 Å². The van der Waals surface area contributed by atoms with Crippen LogP contribution in [0.1, 0.15) is 49.7 Å². The average molecular weight is 279 g/mol. The van der Waals surface area contributed by atoms with Crippen LogP contribution in [0.2, 0.25) is 0 Å². The van der Waals surface area contributed by atoms with E-state index in [1.807, 2.05) is 0 Å². The number of para-hydroxylation sites is 1. The summed E-state index contributed by atoms with van der Waals surface area (Å²) >= 11 is 0. The molecule has 0 radical (unpaired) electrons. The summed E-state index contributed by atoms with van der Waals surface area (Å²) < 4.78 is 0. The molecule has 21 heavy (non-hydrogen) atoms. The number of nitrogens with one attached hydrogen (secondary N) is 1. The van der Waals surface area contributed by atoms with Crippen LogP contribution in [0.3, 0.4) is 0 Å². The largest absolute Gasteiger partial charge is 0.381 e. The first kappa shape index (κ1) is 14.2.